The maximum absolute atomic E-state index is 14.2. The highest BCUT2D eigenvalue weighted by Gasteiger charge is 2.45. The third-order valence-corrected chi connectivity index (χ3v) is 6.82. The first kappa shape index (κ1) is 22.3. The molecule has 6 nitrogen and oxygen atoms in total. The Labute approximate surface area is 196 Å². The summed E-state index contributed by atoms with van der Waals surface area (Å²) < 4.78 is 27.7. The smallest absolute Gasteiger partial charge is 0.272 e. The molecule has 0 unspecified atom stereocenters. The molecular weight excluding hydrogens is 438 g/mol. The van der Waals surface area contributed by atoms with Gasteiger partial charge >= 0.3 is 0 Å². The van der Waals surface area contributed by atoms with Gasteiger partial charge in [0.1, 0.15) is 17.3 Å². The fourth-order valence-electron chi connectivity index (χ4n) is 5.21. The predicted molar refractivity (Wildman–Crippen MR) is 123 cm³/mol. The van der Waals surface area contributed by atoms with Crippen molar-refractivity contribution < 1.29 is 18.4 Å². The molecule has 34 heavy (non-hydrogen) atoms. The fraction of sp³-hybridized carbons (Fsp3) is 0.346. The molecule has 0 radical (unpaired) electrons. The van der Waals surface area contributed by atoms with Gasteiger partial charge in [-0.15, -0.1) is 0 Å². The molecule has 0 saturated carbocycles. The minimum atomic E-state index is -0.411. The Morgan fingerprint density at radius 3 is 2.68 bits per heavy atom. The van der Waals surface area contributed by atoms with Crippen LogP contribution in [0.5, 0.6) is 0 Å². The van der Waals surface area contributed by atoms with E-state index in [1.165, 1.54) is 18.2 Å². The Morgan fingerprint density at radius 2 is 1.88 bits per heavy atom. The lowest BCUT2D eigenvalue weighted by Gasteiger charge is -2.32. The van der Waals surface area contributed by atoms with Gasteiger partial charge in [0.25, 0.3) is 5.91 Å². The number of nitrogens with one attached hydrogen (secondary N) is 2. The molecule has 0 spiro atoms. The number of H-pyrrole nitrogens is 1. The number of fused-ring (bicyclic) bond motifs is 1. The number of hydrogen-bond donors (Lipinski definition) is 2. The van der Waals surface area contributed by atoms with Crippen molar-refractivity contribution in [1.29, 1.82) is 0 Å². The number of hydrogen-bond acceptors (Lipinski definition) is 3. The number of aromatic amines is 1. The summed E-state index contributed by atoms with van der Waals surface area (Å²) in [5.74, 6) is -0.946. The molecule has 2 N–H and O–H groups in total. The van der Waals surface area contributed by atoms with Gasteiger partial charge in [0.2, 0.25) is 5.91 Å². The highest BCUT2D eigenvalue weighted by molar-refractivity contribution is 5.94. The average molecular weight is 465 g/mol. The van der Waals surface area contributed by atoms with Crippen LogP contribution in [-0.2, 0) is 11.2 Å². The van der Waals surface area contributed by atoms with E-state index < -0.39 is 5.82 Å². The Kier molecular flexibility index (Phi) is 6.13. The number of carbonyl (C=O) groups excluding carboxylic acids is 2. The van der Waals surface area contributed by atoms with Crippen LogP contribution in [0.1, 0.15) is 48.2 Å². The molecular formula is C26H26F2N4O2. The van der Waals surface area contributed by atoms with Crippen molar-refractivity contribution in [3.8, 4) is 11.3 Å². The summed E-state index contributed by atoms with van der Waals surface area (Å²) in [6.07, 6.45) is 4.07. The third-order valence-electron chi connectivity index (χ3n) is 6.82. The second kappa shape index (κ2) is 9.37. The van der Waals surface area contributed by atoms with Crippen molar-refractivity contribution in [3.05, 3.63) is 77.5 Å². The number of amides is 2. The van der Waals surface area contributed by atoms with Crippen LogP contribution in [0.15, 0.2) is 54.6 Å². The van der Waals surface area contributed by atoms with Crippen LogP contribution >= 0.6 is 0 Å². The lowest BCUT2D eigenvalue weighted by molar-refractivity contribution is -0.122. The minimum absolute atomic E-state index is 0.00732. The summed E-state index contributed by atoms with van der Waals surface area (Å²) in [5, 5.41) is 10.1. The zero-order valence-electron chi connectivity index (χ0n) is 18.6. The van der Waals surface area contributed by atoms with E-state index in [0.717, 1.165) is 24.8 Å². The molecule has 3 atom stereocenters. The molecule has 2 aliphatic heterocycles. The van der Waals surface area contributed by atoms with Gasteiger partial charge in [-0.2, -0.15) is 5.10 Å². The van der Waals surface area contributed by atoms with Crippen LogP contribution in [0.3, 0.4) is 0 Å². The number of nitrogens with zero attached hydrogens (tertiary/aromatic N) is 2. The van der Waals surface area contributed by atoms with Crippen LogP contribution in [0.4, 0.5) is 8.78 Å². The lowest BCUT2D eigenvalue weighted by Crippen LogP contribution is -2.49. The van der Waals surface area contributed by atoms with Gasteiger partial charge in [-0.1, -0.05) is 30.7 Å². The molecule has 8 heteroatoms. The molecule has 3 heterocycles. The summed E-state index contributed by atoms with van der Waals surface area (Å²) in [5.41, 5.74) is 1.87. The maximum Gasteiger partial charge on any atom is 0.272 e. The number of carbonyl (C=O) groups is 2. The summed E-state index contributed by atoms with van der Waals surface area (Å²) in [7, 11) is 0. The van der Waals surface area contributed by atoms with Crippen molar-refractivity contribution in [2.75, 3.05) is 0 Å². The highest BCUT2D eigenvalue weighted by Crippen LogP contribution is 2.33. The Bertz CT molecular complexity index is 1190. The van der Waals surface area contributed by atoms with Crippen LogP contribution in [-0.4, -0.2) is 45.0 Å². The van der Waals surface area contributed by atoms with Gasteiger partial charge in [-0.25, -0.2) is 8.78 Å². The first-order valence-electron chi connectivity index (χ1n) is 11.7. The van der Waals surface area contributed by atoms with Gasteiger partial charge in [0.05, 0.1) is 17.8 Å². The van der Waals surface area contributed by atoms with Gasteiger partial charge in [0.15, 0.2) is 0 Å². The third kappa shape index (κ3) is 4.44. The molecule has 3 aromatic rings. The monoisotopic (exact) mass is 464 g/mol. The molecule has 5 rings (SSSR count). The molecule has 2 fully saturated rings. The van der Waals surface area contributed by atoms with Gasteiger partial charge in [0, 0.05) is 18.0 Å². The van der Waals surface area contributed by atoms with E-state index in [1.54, 1.807) is 36.4 Å². The Hall–Kier alpha value is -3.55. The van der Waals surface area contributed by atoms with Crippen molar-refractivity contribution in [3.63, 3.8) is 0 Å². The molecule has 1 aromatic heterocycles. The number of halogens is 2. The summed E-state index contributed by atoms with van der Waals surface area (Å²) >= 11 is 0. The van der Waals surface area contributed by atoms with Crippen LogP contribution in [0, 0.1) is 11.6 Å². The highest BCUT2D eigenvalue weighted by atomic mass is 19.1. The van der Waals surface area contributed by atoms with E-state index in [2.05, 4.69) is 15.5 Å². The van der Waals surface area contributed by atoms with E-state index >= 15 is 0 Å². The second-order valence-electron chi connectivity index (χ2n) is 9.07. The maximum atomic E-state index is 14.2. The minimum Gasteiger partial charge on any atom is -0.351 e. The molecule has 2 saturated heterocycles. The second-order valence-corrected chi connectivity index (χ2v) is 9.07. The molecule has 0 aliphatic carbocycles. The molecule has 176 valence electrons. The van der Waals surface area contributed by atoms with Gasteiger partial charge in [-0.05, 0) is 61.6 Å². The largest absolute Gasteiger partial charge is 0.351 e. The van der Waals surface area contributed by atoms with E-state index in [0.29, 0.717) is 30.5 Å². The van der Waals surface area contributed by atoms with Crippen molar-refractivity contribution in [2.45, 2.75) is 56.7 Å². The van der Waals surface area contributed by atoms with Crippen LogP contribution < -0.4 is 5.32 Å². The van der Waals surface area contributed by atoms with Gasteiger partial charge < -0.3 is 10.2 Å². The SMILES string of the molecule is O=C1CCCC[C@H]2[C@@H](C[C@H](Cc3ccc(F)cc3)N2C(=O)c2cc(-c3ccccc3F)n[nH]2)N1. The Morgan fingerprint density at radius 1 is 1.09 bits per heavy atom. The lowest BCUT2D eigenvalue weighted by atomic mass is 9.97. The zero-order chi connectivity index (χ0) is 23.7. The summed E-state index contributed by atoms with van der Waals surface area (Å²) in [6, 6.07) is 13.7. The first-order chi connectivity index (χ1) is 16.5. The first-order valence-corrected chi connectivity index (χ1v) is 11.7. The topological polar surface area (TPSA) is 78.1 Å². The van der Waals surface area contributed by atoms with E-state index in [1.807, 2.05) is 4.90 Å². The molecule has 0 bridgehead atoms. The molecule has 2 aromatic carbocycles. The summed E-state index contributed by atoms with van der Waals surface area (Å²) in [4.78, 5) is 27.9. The van der Waals surface area contributed by atoms with E-state index in [4.69, 9.17) is 0 Å². The summed E-state index contributed by atoms with van der Waals surface area (Å²) in [6.45, 7) is 0. The Balaban J connectivity index is 1.46. The fourth-order valence-corrected chi connectivity index (χ4v) is 5.21. The number of benzene rings is 2. The van der Waals surface area contributed by atoms with Crippen LogP contribution in [0.25, 0.3) is 11.3 Å². The van der Waals surface area contributed by atoms with E-state index in [-0.39, 0.29) is 41.5 Å². The van der Waals surface area contributed by atoms with Crippen molar-refractivity contribution >= 4 is 11.8 Å². The van der Waals surface area contributed by atoms with Crippen molar-refractivity contribution in [2.24, 2.45) is 0 Å². The van der Waals surface area contributed by atoms with Crippen LogP contribution in [0.2, 0.25) is 0 Å². The number of likely N-dealkylation sites (tertiary alicyclic amines) is 1. The van der Waals surface area contributed by atoms with Crippen molar-refractivity contribution in [1.82, 2.24) is 20.4 Å². The average Bonchev–Trinajstić information content (AvgIpc) is 3.42. The van der Waals surface area contributed by atoms with Gasteiger partial charge in [-0.3, -0.25) is 14.7 Å². The number of aromatic nitrogens is 2. The quantitative estimate of drug-likeness (QED) is 0.606. The van der Waals surface area contributed by atoms with E-state index in [9.17, 15) is 18.4 Å². The zero-order valence-corrected chi connectivity index (χ0v) is 18.6. The number of rotatable bonds is 4. The predicted octanol–water partition coefficient (Wildman–Crippen LogP) is 4.24. The standard InChI is InChI=1S/C26H26F2N4O2/c27-17-11-9-16(10-12-17)13-18-14-22-24(7-3-4-8-25(33)29-22)32(18)26(34)23-15-21(30-31-23)19-5-1-2-6-20(19)28/h1-2,5-6,9-12,15,18,22,24H,3-4,7-8,13-14H2,(H,29,33)(H,30,31)/t18-,22+,24-/m0/s1. The molecule has 2 amide bonds. The molecule has 2 aliphatic rings. The normalized spacial score (nSPS) is 22.6.